The van der Waals surface area contributed by atoms with Crippen LogP contribution < -0.4 is 11.1 Å². The van der Waals surface area contributed by atoms with Gasteiger partial charge >= 0.3 is 0 Å². The maximum absolute atomic E-state index is 11.8. The molecule has 1 aromatic rings. The van der Waals surface area contributed by atoms with Crippen molar-refractivity contribution in [1.29, 1.82) is 0 Å². The van der Waals surface area contributed by atoms with Crippen molar-refractivity contribution in [2.24, 2.45) is 17.6 Å². The van der Waals surface area contributed by atoms with Gasteiger partial charge in [-0.1, -0.05) is 13.8 Å². The summed E-state index contributed by atoms with van der Waals surface area (Å²) in [6, 6.07) is 3.95. The minimum Gasteiger partial charge on any atom is -0.354 e. The van der Waals surface area contributed by atoms with Gasteiger partial charge in [-0.2, -0.15) is 0 Å². The molecule has 0 aliphatic rings. The van der Waals surface area contributed by atoms with Crippen molar-refractivity contribution in [3.05, 3.63) is 24.5 Å². The summed E-state index contributed by atoms with van der Waals surface area (Å²) in [6.45, 7) is 6.10. The van der Waals surface area contributed by atoms with Crippen molar-refractivity contribution in [2.45, 2.75) is 26.8 Å². The summed E-state index contributed by atoms with van der Waals surface area (Å²) in [5.41, 5.74) is 5.62. The summed E-state index contributed by atoms with van der Waals surface area (Å²) in [5, 5.41) is 2.94. The van der Waals surface area contributed by atoms with Gasteiger partial charge in [0.1, 0.15) is 0 Å². The van der Waals surface area contributed by atoms with E-state index in [1.807, 2.05) is 29.1 Å². The summed E-state index contributed by atoms with van der Waals surface area (Å²) in [5.74, 6) is 0.520. The van der Waals surface area contributed by atoms with Crippen LogP contribution in [0, 0.1) is 11.8 Å². The van der Waals surface area contributed by atoms with Gasteiger partial charge in [0, 0.05) is 32.0 Å². The summed E-state index contributed by atoms with van der Waals surface area (Å²) in [6.07, 6.45) is 4.83. The summed E-state index contributed by atoms with van der Waals surface area (Å²) in [4.78, 5) is 11.8. The van der Waals surface area contributed by atoms with E-state index in [0.29, 0.717) is 19.0 Å². The number of carbonyl (C=O) groups is 1. The van der Waals surface area contributed by atoms with Crippen LogP contribution in [-0.2, 0) is 11.3 Å². The van der Waals surface area contributed by atoms with E-state index in [9.17, 15) is 4.79 Å². The van der Waals surface area contributed by atoms with Gasteiger partial charge in [-0.3, -0.25) is 4.79 Å². The molecule has 3 N–H and O–H groups in total. The Morgan fingerprint density at radius 2 is 2.00 bits per heavy atom. The third-order valence-electron chi connectivity index (χ3n) is 2.75. The predicted molar refractivity (Wildman–Crippen MR) is 69.4 cm³/mol. The van der Waals surface area contributed by atoms with E-state index >= 15 is 0 Å². The molecule has 0 radical (unpaired) electrons. The number of hydrogen-bond acceptors (Lipinski definition) is 2. The molecule has 0 saturated carbocycles. The molecule has 1 atom stereocenters. The second-order valence-corrected chi connectivity index (χ2v) is 4.77. The lowest BCUT2D eigenvalue weighted by molar-refractivity contribution is -0.125. The van der Waals surface area contributed by atoms with Gasteiger partial charge in [-0.25, -0.2) is 0 Å². The maximum atomic E-state index is 11.8. The minimum atomic E-state index is -0.0559. The van der Waals surface area contributed by atoms with E-state index in [0.717, 1.165) is 13.0 Å². The fourth-order valence-electron chi connectivity index (χ4n) is 1.85. The molecule has 0 saturated heterocycles. The predicted octanol–water partition coefficient (Wildman–Crippen LogP) is 1.23. The van der Waals surface area contributed by atoms with E-state index in [-0.39, 0.29) is 11.8 Å². The highest BCUT2D eigenvalue weighted by Gasteiger charge is 2.17. The SMILES string of the molecule is CC(C)CC(CN)C(=O)NCCn1cccc1. The van der Waals surface area contributed by atoms with Gasteiger partial charge in [-0.05, 0) is 24.5 Å². The Balaban J connectivity index is 2.27. The zero-order valence-corrected chi connectivity index (χ0v) is 10.7. The first-order chi connectivity index (χ1) is 8.13. The number of nitrogens with two attached hydrogens (primary N) is 1. The van der Waals surface area contributed by atoms with Gasteiger partial charge in [-0.15, -0.1) is 0 Å². The Kier molecular flexibility index (Phi) is 5.77. The first-order valence-corrected chi connectivity index (χ1v) is 6.22. The van der Waals surface area contributed by atoms with Crippen molar-refractivity contribution in [3.8, 4) is 0 Å². The van der Waals surface area contributed by atoms with Crippen LogP contribution >= 0.6 is 0 Å². The molecule has 1 rings (SSSR count). The number of rotatable bonds is 7. The zero-order chi connectivity index (χ0) is 12.7. The molecule has 1 unspecified atom stereocenters. The van der Waals surface area contributed by atoms with Crippen LogP contribution in [0.3, 0.4) is 0 Å². The van der Waals surface area contributed by atoms with E-state index in [4.69, 9.17) is 5.73 Å². The van der Waals surface area contributed by atoms with E-state index in [2.05, 4.69) is 19.2 Å². The molecule has 0 fully saturated rings. The Morgan fingerprint density at radius 3 is 2.53 bits per heavy atom. The Hall–Kier alpha value is -1.29. The van der Waals surface area contributed by atoms with Crippen LogP contribution in [0.15, 0.2) is 24.5 Å². The van der Waals surface area contributed by atoms with Crippen molar-refractivity contribution in [1.82, 2.24) is 9.88 Å². The molecule has 0 bridgehead atoms. The van der Waals surface area contributed by atoms with Crippen LogP contribution in [0.25, 0.3) is 0 Å². The fourth-order valence-corrected chi connectivity index (χ4v) is 1.85. The second kappa shape index (κ2) is 7.12. The highest BCUT2D eigenvalue weighted by Crippen LogP contribution is 2.10. The maximum Gasteiger partial charge on any atom is 0.224 e. The van der Waals surface area contributed by atoms with E-state index in [1.165, 1.54) is 0 Å². The van der Waals surface area contributed by atoms with Gasteiger partial charge < -0.3 is 15.6 Å². The molecular formula is C13H23N3O. The fraction of sp³-hybridized carbons (Fsp3) is 0.615. The number of amides is 1. The smallest absolute Gasteiger partial charge is 0.224 e. The largest absolute Gasteiger partial charge is 0.354 e. The van der Waals surface area contributed by atoms with E-state index in [1.54, 1.807) is 0 Å². The highest BCUT2D eigenvalue weighted by molar-refractivity contribution is 5.78. The molecule has 96 valence electrons. The number of hydrogen-bond donors (Lipinski definition) is 2. The average molecular weight is 237 g/mol. The topological polar surface area (TPSA) is 60.1 Å². The van der Waals surface area contributed by atoms with Crippen LogP contribution in [0.5, 0.6) is 0 Å². The standard InChI is InChI=1S/C13H23N3O/c1-11(2)9-12(10-14)13(17)15-5-8-16-6-3-4-7-16/h3-4,6-7,11-12H,5,8-10,14H2,1-2H3,(H,15,17). The molecule has 0 aromatic carbocycles. The lowest BCUT2D eigenvalue weighted by Crippen LogP contribution is -2.37. The molecule has 1 heterocycles. The third-order valence-corrected chi connectivity index (χ3v) is 2.75. The van der Waals surface area contributed by atoms with Crippen LogP contribution in [0.4, 0.5) is 0 Å². The minimum absolute atomic E-state index is 0.0559. The second-order valence-electron chi connectivity index (χ2n) is 4.77. The Labute approximate surface area is 103 Å². The van der Waals surface area contributed by atoms with Crippen molar-refractivity contribution >= 4 is 5.91 Å². The van der Waals surface area contributed by atoms with Gasteiger partial charge in [0.25, 0.3) is 0 Å². The quantitative estimate of drug-likeness (QED) is 0.749. The van der Waals surface area contributed by atoms with E-state index < -0.39 is 0 Å². The summed E-state index contributed by atoms with van der Waals surface area (Å²) >= 11 is 0. The van der Waals surface area contributed by atoms with Crippen molar-refractivity contribution < 1.29 is 4.79 Å². The molecule has 4 heteroatoms. The molecule has 0 aliphatic carbocycles. The number of nitrogens with zero attached hydrogens (tertiary/aromatic N) is 1. The highest BCUT2D eigenvalue weighted by atomic mass is 16.1. The Morgan fingerprint density at radius 1 is 1.35 bits per heavy atom. The molecule has 1 amide bonds. The number of carbonyl (C=O) groups excluding carboxylic acids is 1. The van der Waals surface area contributed by atoms with Gasteiger partial charge in [0.15, 0.2) is 0 Å². The van der Waals surface area contributed by atoms with Gasteiger partial charge in [0.2, 0.25) is 5.91 Å². The third kappa shape index (κ3) is 5.04. The first-order valence-electron chi connectivity index (χ1n) is 6.22. The van der Waals surface area contributed by atoms with Crippen LogP contribution in [-0.4, -0.2) is 23.6 Å². The Bertz CT molecular complexity index is 319. The van der Waals surface area contributed by atoms with Crippen LogP contribution in [0.2, 0.25) is 0 Å². The number of nitrogens with one attached hydrogen (secondary N) is 1. The van der Waals surface area contributed by atoms with Gasteiger partial charge in [0.05, 0.1) is 5.92 Å². The molecule has 4 nitrogen and oxygen atoms in total. The molecule has 1 aromatic heterocycles. The lowest BCUT2D eigenvalue weighted by Gasteiger charge is -2.16. The lowest BCUT2D eigenvalue weighted by atomic mass is 9.96. The summed E-state index contributed by atoms with van der Waals surface area (Å²) < 4.78 is 2.04. The van der Waals surface area contributed by atoms with Crippen molar-refractivity contribution in [2.75, 3.05) is 13.1 Å². The molecule has 0 aliphatic heterocycles. The first kappa shape index (κ1) is 13.8. The normalized spacial score (nSPS) is 12.7. The zero-order valence-electron chi connectivity index (χ0n) is 10.7. The molecule has 0 spiro atoms. The summed E-state index contributed by atoms with van der Waals surface area (Å²) in [7, 11) is 0. The van der Waals surface area contributed by atoms with Crippen molar-refractivity contribution in [3.63, 3.8) is 0 Å². The number of aromatic nitrogens is 1. The molecular weight excluding hydrogens is 214 g/mol. The average Bonchev–Trinajstić information content (AvgIpc) is 2.78. The van der Waals surface area contributed by atoms with Crippen LogP contribution in [0.1, 0.15) is 20.3 Å². The monoisotopic (exact) mass is 237 g/mol. The molecule has 17 heavy (non-hydrogen) atoms.